The molecule has 7 nitrogen and oxygen atoms in total. The highest BCUT2D eigenvalue weighted by Crippen LogP contribution is 2.21. The summed E-state index contributed by atoms with van der Waals surface area (Å²) < 4.78 is 4.94. The molecule has 1 aromatic carbocycles. The molecule has 2 rings (SSSR count). The van der Waals surface area contributed by atoms with Gasteiger partial charge in [-0.25, -0.2) is 4.90 Å². The third kappa shape index (κ3) is 2.21. The molecule has 0 fully saturated rings. The van der Waals surface area contributed by atoms with E-state index in [0.29, 0.717) is 11.1 Å². The maximum Gasteiger partial charge on any atom is 0.263 e. The average molecular weight is 250 g/mol. The molecule has 0 bridgehead atoms. The van der Waals surface area contributed by atoms with Crippen LogP contribution in [0.5, 0.6) is 0 Å². The highest BCUT2D eigenvalue weighted by Gasteiger charge is 2.34. The Labute approximate surface area is 102 Å². The zero-order valence-electron chi connectivity index (χ0n) is 9.37. The van der Waals surface area contributed by atoms with Gasteiger partial charge >= 0.3 is 0 Å². The van der Waals surface area contributed by atoms with Gasteiger partial charge in [-0.2, -0.15) is 0 Å². The van der Waals surface area contributed by atoms with Crippen LogP contribution in [-0.4, -0.2) is 41.5 Å². The second-order valence-electron chi connectivity index (χ2n) is 3.68. The first kappa shape index (κ1) is 12.2. The topological polar surface area (TPSA) is 89.8 Å². The van der Waals surface area contributed by atoms with Crippen molar-refractivity contribution in [1.29, 1.82) is 0 Å². The molecule has 0 unspecified atom stereocenters. The van der Waals surface area contributed by atoms with Crippen LogP contribution in [0.25, 0.3) is 0 Å². The summed E-state index contributed by atoms with van der Waals surface area (Å²) in [7, 11) is 0. The Bertz CT molecular complexity index is 479. The van der Waals surface area contributed by atoms with Crippen molar-refractivity contribution in [3.05, 3.63) is 45.5 Å². The Morgan fingerprint density at radius 3 is 2.22 bits per heavy atom. The summed E-state index contributed by atoms with van der Waals surface area (Å²) in [6, 6.07) is 6.46. The van der Waals surface area contributed by atoms with Gasteiger partial charge in [0.1, 0.15) is 13.3 Å². The molecule has 1 aliphatic heterocycles. The van der Waals surface area contributed by atoms with Crippen molar-refractivity contribution in [3.63, 3.8) is 0 Å². The van der Waals surface area contributed by atoms with Crippen LogP contribution in [0.1, 0.15) is 20.7 Å². The lowest BCUT2D eigenvalue weighted by Gasteiger charge is -2.12. The first-order chi connectivity index (χ1) is 8.61. The summed E-state index contributed by atoms with van der Waals surface area (Å²) in [5, 5.41) is 10.1. The lowest BCUT2D eigenvalue weighted by atomic mass is 10.1. The molecule has 7 heteroatoms. The van der Waals surface area contributed by atoms with Crippen molar-refractivity contribution >= 4 is 11.8 Å². The number of carbonyl (C=O) groups is 2. The lowest BCUT2D eigenvalue weighted by molar-refractivity contribution is -0.483. The molecule has 0 saturated heterocycles. The van der Waals surface area contributed by atoms with Crippen LogP contribution in [0.15, 0.2) is 24.3 Å². The summed E-state index contributed by atoms with van der Waals surface area (Å²) in [6.07, 6.45) is 0. The monoisotopic (exact) mass is 250 g/mol. The van der Waals surface area contributed by atoms with Crippen molar-refractivity contribution < 1.29 is 19.2 Å². The van der Waals surface area contributed by atoms with Crippen LogP contribution >= 0.6 is 0 Å². The predicted molar refractivity (Wildman–Crippen MR) is 59.6 cm³/mol. The molecule has 0 radical (unpaired) electrons. The molecule has 1 heterocycles. The van der Waals surface area contributed by atoms with E-state index in [0.717, 1.165) is 4.90 Å². The van der Waals surface area contributed by atoms with E-state index in [1.807, 2.05) is 0 Å². The quantitative estimate of drug-likeness (QED) is 0.329. The summed E-state index contributed by atoms with van der Waals surface area (Å²) in [6.45, 7) is -0.760. The highest BCUT2D eigenvalue weighted by atomic mass is 16.6. The smallest absolute Gasteiger partial charge is 0.263 e. The molecular weight excluding hydrogens is 240 g/mol. The maximum atomic E-state index is 11.8. The minimum atomic E-state index is -0.525. The average Bonchev–Trinajstić information content (AvgIpc) is 2.59. The van der Waals surface area contributed by atoms with Gasteiger partial charge in [-0.15, -0.1) is 0 Å². The Hall–Kier alpha value is -2.28. The van der Waals surface area contributed by atoms with E-state index in [2.05, 4.69) is 0 Å². The van der Waals surface area contributed by atoms with E-state index in [9.17, 15) is 19.7 Å². The van der Waals surface area contributed by atoms with E-state index in [1.54, 1.807) is 24.3 Å². The van der Waals surface area contributed by atoms with E-state index >= 15 is 0 Å². The zero-order chi connectivity index (χ0) is 13.1. The molecule has 0 saturated carbocycles. The van der Waals surface area contributed by atoms with E-state index in [-0.39, 0.29) is 19.9 Å². The van der Waals surface area contributed by atoms with Gasteiger partial charge in [-0.3, -0.25) is 19.7 Å². The van der Waals surface area contributed by atoms with E-state index in [1.165, 1.54) is 0 Å². The minimum Gasteiger partial charge on any atom is -0.354 e. The summed E-state index contributed by atoms with van der Waals surface area (Å²) in [5.74, 6) is -0.867. The van der Waals surface area contributed by atoms with Crippen LogP contribution in [0.3, 0.4) is 0 Å². The Kier molecular flexibility index (Phi) is 3.33. The SMILES string of the molecule is O=C1c2ccccc2C(=O)N1COCC[N+](=O)[O-]. The van der Waals surface area contributed by atoms with Gasteiger partial charge in [-0.05, 0) is 12.1 Å². The van der Waals surface area contributed by atoms with E-state index in [4.69, 9.17) is 4.74 Å². The summed E-state index contributed by atoms with van der Waals surface area (Å²) >= 11 is 0. The highest BCUT2D eigenvalue weighted by molar-refractivity contribution is 6.21. The molecule has 0 N–H and O–H groups in total. The van der Waals surface area contributed by atoms with Gasteiger partial charge in [0.25, 0.3) is 11.8 Å². The summed E-state index contributed by atoms with van der Waals surface area (Å²) in [4.78, 5) is 34.1. The number of fused-ring (bicyclic) bond motifs is 1. The molecule has 0 atom stereocenters. The predicted octanol–water partition coefficient (Wildman–Crippen LogP) is 0.533. The molecule has 0 aromatic heterocycles. The van der Waals surface area contributed by atoms with Gasteiger partial charge in [0.2, 0.25) is 6.54 Å². The van der Waals surface area contributed by atoms with Gasteiger partial charge in [0, 0.05) is 4.92 Å². The number of amides is 2. The van der Waals surface area contributed by atoms with Crippen LogP contribution in [0.2, 0.25) is 0 Å². The van der Waals surface area contributed by atoms with Gasteiger partial charge in [0.05, 0.1) is 11.1 Å². The van der Waals surface area contributed by atoms with Gasteiger partial charge in [-0.1, -0.05) is 12.1 Å². The van der Waals surface area contributed by atoms with Crippen LogP contribution in [-0.2, 0) is 4.74 Å². The van der Waals surface area contributed by atoms with Gasteiger partial charge in [0.15, 0.2) is 0 Å². The zero-order valence-corrected chi connectivity index (χ0v) is 9.37. The largest absolute Gasteiger partial charge is 0.354 e. The minimum absolute atomic E-state index is 0.138. The van der Waals surface area contributed by atoms with Gasteiger partial charge < -0.3 is 4.74 Å². The Morgan fingerprint density at radius 1 is 1.17 bits per heavy atom. The molecule has 0 aliphatic carbocycles. The number of benzene rings is 1. The second kappa shape index (κ2) is 4.92. The number of rotatable bonds is 5. The fourth-order valence-corrected chi connectivity index (χ4v) is 1.65. The third-order valence-electron chi connectivity index (χ3n) is 2.52. The molecule has 18 heavy (non-hydrogen) atoms. The molecule has 0 spiro atoms. The van der Waals surface area contributed by atoms with Crippen LogP contribution in [0.4, 0.5) is 0 Å². The van der Waals surface area contributed by atoms with Crippen molar-refractivity contribution in [1.82, 2.24) is 4.90 Å². The third-order valence-corrected chi connectivity index (χ3v) is 2.52. The van der Waals surface area contributed by atoms with Crippen molar-refractivity contribution in [2.45, 2.75) is 0 Å². The maximum absolute atomic E-state index is 11.8. The lowest BCUT2D eigenvalue weighted by Crippen LogP contribution is -2.32. The number of nitro groups is 1. The fraction of sp³-hybridized carbons (Fsp3) is 0.273. The fourth-order valence-electron chi connectivity index (χ4n) is 1.65. The number of hydrogen-bond acceptors (Lipinski definition) is 5. The molecule has 2 amide bonds. The molecule has 1 aliphatic rings. The molecule has 94 valence electrons. The van der Waals surface area contributed by atoms with Crippen molar-refractivity contribution in [2.75, 3.05) is 19.9 Å². The van der Waals surface area contributed by atoms with Crippen LogP contribution < -0.4 is 0 Å². The molecular formula is C11H10N2O5. The summed E-state index contributed by atoms with van der Waals surface area (Å²) in [5.41, 5.74) is 0.667. The normalized spacial score (nSPS) is 13.9. The number of carbonyl (C=O) groups excluding carboxylic acids is 2. The Balaban J connectivity index is 1.99. The number of imide groups is 1. The van der Waals surface area contributed by atoms with Crippen molar-refractivity contribution in [3.8, 4) is 0 Å². The number of ether oxygens (including phenoxy) is 1. The first-order valence-electron chi connectivity index (χ1n) is 5.26. The number of nitrogens with zero attached hydrogens (tertiary/aromatic N) is 2. The number of hydrogen-bond donors (Lipinski definition) is 0. The second-order valence-corrected chi connectivity index (χ2v) is 3.68. The van der Waals surface area contributed by atoms with E-state index < -0.39 is 16.7 Å². The van der Waals surface area contributed by atoms with Crippen molar-refractivity contribution in [2.24, 2.45) is 0 Å². The first-order valence-corrected chi connectivity index (χ1v) is 5.26. The standard InChI is InChI=1S/C11H10N2O5/c14-10-8-3-1-2-4-9(8)11(15)12(10)7-18-6-5-13(16)17/h1-4H,5-7H2. The van der Waals surface area contributed by atoms with Crippen LogP contribution in [0, 0.1) is 10.1 Å². The molecule has 1 aromatic rings. The Morgan fingerprint density at radius 2 is 1.72 bits per heavy atom.